The maximum absolute atomic E-state index is 12.0. The first-order chi connectivity index (χ1) is 11.3. The number of ether oxygens (including phenoxy) is 1. The van der Waals surface area contributed by atoms with E-state index in [-0.39, 0.29) is 5.56 Å². The number of amides is 3. The number of urea groups is 1. The highest BCUT2D eigenvalue weighted by Gasteiger charge is 2.20. The van der Waals surface area contributed by atoms with Gasteiger partial charge in [0.15, 0.2) is 11.9 Å². The number of primary amides is 1. The predicted octanol–water partition coefficient (Wildman–Crippen LogP) is 0.624. The Morgan fingerprint density at radius 1 is 1.29 bits per heavy atom. The fraction of sp³-hybridized carbons (Fsp3) is 0.267. The Morgan fingerprint density at radius 3 is 2.50 bits per heavy atom. The third kappa shape index (κ3) is 3.94. The number of nitrogens with zero attached hydrogens (tertiary/aromatic N) is 3. The SMILES string of the molecule is Cc1cc(C)n(-c2ccc(C(=O)OC(C)C(=O)NC(N)=O)cn2)n1. The summed E-state index contributed by atoms with van der Waals surface area (Å²) in [6, 6.07) is 4.02. The Hall–Kier alpha value is -3.23. The van der Waals surface area contributed by atoms with Gasteiger partial charge in [0.25, 0.3) is 5.91 Å². The number of imide groups is 1. The number of nitrogens with one attached hydrogen (secondary N) is 1. The number of aryl methyl sites for hydroxylation is 2. The molecule has 3 amide bonds. The van der Waals surface area contributed by atoms with Crippen LogP contribution >= 0.6 is 0 Å². The van der Waals surface area contributed by atoms with Crippen molar-refractivity contribution in [2.75, 3.05) is 0 Å². The number of pyridine rings is 1. The van der Waals surface area contributed by atoms with Crippen LogP contribution in [0.1, 0.15) is 28.7 Å². The van der Waals surface area contributed by atoms with Crippen LogP contribution in [0, 0.1) is 13.8 Å². The summed E-state index contributed by atoms with van der Waals surface area (Å²) >= 11 is 0. The molecule has 24 heavy (non-hydrogen) atoms. The zero-order chi connectivity index (χ0) is 17.9. The molecule has 9 heteroatoms. The Balaban J connectivity index is 2.07. The quantitative estimate of drug-likeness (QED) is 0.790. The predicted molar refractivity (Wildman–Crippen MR) is 83.4 cm³/mol. The van der Waals surface area contributed by atoms with E-state index in [9.17, 15) is 14.4 Å². The Bertz CT molecular complexity index is 782. The van der Waals surface area contributed by atoms with Crippen LogP contribution in [0.4, 0.5) is 4.79 Å². The Kier molecular flexibility index (Phi) is 4.93. The summed E-state index contributed by atoms with van der Waals surface area (Å²) in [6.07, 6.45) is 0.160. The van der Waals surface area contributed by atoms with E-state index in [0.29, 0.717) is 5.82 Å². The second-order valence-corrected chi connectivity index (χ2v) is 5.15. The molecular weight excluding hydrogens is 314 g/mol. The molecule has 126 valence electrons. The van der Waals surface area contributed by atoms with Gasteiger partial charge in [-0.15, -0.1) is 0 Å². The van der Waals surface area contributed by atoms with Crippen molar-refractivity contribution in [1.29, 1.82) is 0 Å². The van der Waals surface area contributed by atoms with E-state index < -0.39 is 24.0 Å². The molecule has 0 aliphatic rings. The molecule has 0 saturated heterocycles. The average Bonchev–Trinajstić information content (AvgIpc) is 2.85. The normalized spacial score (nSPS) is 11.6. The first-order valence-electron chi connectivity index (χ1n) is 7.09. The van der Waals surface area contributed by atoms with Gasteiger partial charge in [-0.3, -0.25) is 10.1 Å². The molecule has 0 aliphatic heterocycles. The lowest BCUT2D eigenvalue weighted by molar-refractivity contribution is -0.127. The Labute approximate surface area is 137 Å². The minimum atomic E-state index is -1.17. The molecule has 1 atom stereocenters. The number of esters is 1. The van der Waals surface area contributed by atoms with Crippen molar-refractivity contribution < 1.29 is 19.1 Å². The minimum absolute atomic E-state index is 0.166. The van der Waals surface area contributed by atoms with Crippen LogP contribution < -0.4 is 11.1 Å². The molecular formula is C15H17N5O4. The largest absolute Gasteiger partial charge is 0.449 e. The maximum atomic E-state index is 12.0. The fourth-order valence-corrected chi connectivity index (χ4v) is 2.00. The van der Waals surface area contributed by atoms with E-state index in [1.807, 2.05) is 25.2 Å². The van der Waals surface area contributed by atoms with Gasteiger partial charge >= 0.3 is 12.0 Å². The molecule has 0 spiro atoms. The molecule has 2 heterocycles. The number of hydrogen-bond donors (Lipinski definition) is 2. The zero-order valence-electron chi connectivity index (χ0n) is 13.4. The molecule has 0 bridgehead atoms. The van der Waals surface area contributed by atoms with Crippen molar-refractivity contribution >= 4 is 17.9 Å². The summed E-state index contributed by atoms with van der Waals surface area (Å²) in [5, 5.41) is 6.13. The van der Waals surface area contributed by atoms with Crippen molar-refractivity contribution in [2.45, 2.75) is 26.9 Å². The van der Waals surface area contributed by atoms with Crippen LogP contribution in [-0.2, 0) is 9.53 Å². The lowest BCUT2D eigenvalue weighted by Crippen LogP contribution is -2.42. The van der Waals surface area contributed by atoms with Crippen LogP contribution in [0.15, 0.2) is 24.4 Å². The third-order valence-electron chi connectivity index (χ3n) is 3.11. The van der Waals surface area contributed by atoms with Gasteiger partial charge in [0.05, 0.1) is 11.3 Å². The van der Waals surface area contributed by atoms with Crippen LogP contribution in [0.25, 0.3) is 5.82 Å². The summed E-state index contributed by atoms with van der Waals surface area (Å²) in [5.41, 5.74) is 6.76. The van der Waals surface area contributed by atoms with E-state index in [1.54, 1.807) is 10.7 Å². The van der Waals surface area contributed by atoms with Crippen LogP contribution in [0.3, 0.4) is 0 Å². The topological polar surface area (TPSA) is 129 Å². The van der Waals surface area contributed by atoms with Gasteiger partial charge in [-0.25, -0.2) is 19.3 Å². The van der Waals surface area contributed by atoms with E-state index in [1.165, 1.54) is 19.2 Å². The second-order valence-electron chi connectivity index (χ2n) is 5.15. The van der Waals surface area contributed by atoms with Crippen molar-refractivity contribution in [2.24, 2.45) is 5.73 Å². The van der Waals surface area contributed by atoms with Crippen LogP contribution in [0.5, 0.6) is 0 Å². The second kappa shape index (κ2) is 6.90. The smallest absolute Gasteiger partial charge is 0.340 e. The van der Waals surface area contributed by atoms with E-state index in [0.717, 1.165) is 11.4 Å². The first-order valence-corrected chi connectivity index (χ1v) is 7.09. The first kappa shape index (κ1) is 17.1. The summed E-state index contributed by atoms with van der Waals surface area (Å²) < 4.78 is 6.60. The number of carbonyl (C=O) groups excluding carboxylic acids is 3. The monoisotopic (exact) mass is 331 g/mol. The van der Waals surface area contributed by atoms with Gasteiger partial charge in [0.2, 0.25) is 0 Å². The van der Waals surface area contributed by atoms with Crippen molar-refractivity contribution in [3.05, 3.63) is 41.3 Å². The van der Waals surface area contributed by atoms with Crippen LogP contribution in [-0.4, -0.2) is 38.8 Å². The molecule has 1 unspecified atom stereocenters. The molecule has 2 rings (SSSR count). The number of rotatable bonds is 4. The third-order valence-corrected chi connectivity index (χ3v) is 3.11. The van der Waals surface area contributed by atoms with Gasteiger partial charge in [-0.2, -0.15) is 5.10 Å². The summed E-state index contributed by atoms with van der Waals surface area (Å²) in [5.74, 6) is -0.991. The zero-order valence-corrected chi connectivity index (χ0v) is 13.4. The lowest BCUT2D eigenvalue weighted by Gasteiger charge is -2.12. The molecule has 9 nitrogen and oxygen atoms in total. The molecule has 2 aromatic rings. The van der Waals surface area contributed by atoms with E-state index in [4.69, 9.17) is 10.5 Å². The summed E-state index contributed by atoms with van der Waals surface area (Å²) in [4.78, 5) is 38.2. The molecule has 0 radical (unpaired) electrons. The highest BCUT2D eigenvalue weighted by Crippen LogP contribution is 2.11. The maximum Gasteiger partial charge on any atom is 0.340 e. The number of hydrogen-bond acceptors (Lipinski definition) is 6. The average molecular weight is 331 g/mol. The molecule has 2 aromatic heterocycles. The summed E-state index contributed by atoms with van der Waals surface area (Å²) in [7, 11) is 0. The standard InChI is InChI=1S/C15H17N5O4/c1-8-6-9(2)20(19-8)12-5-4-11(7-17-12)14(22)24-10(3)13(21)18-15(16)23/h4-7,10H,1-3H3,(H3,16,18,21,23). The van der Waals surface area contributed by atoms with Crippen LogP contribution in [0.2, 0.25) is 0 Å². The highest BCUT2D eigenvalue weighted by atomic mass is 16.5. The number of carbonyl (C=O) groups is 3. The van der Waals surface area contributed by atoms with Gasteiger partial charge in [-0.1, -0.05) is 0 Å². The molecule has 0 saturated carbocycles. The van der Waals surface area contributed by atoms with Gasteiger partial charge in [-0.05, 0) is 39.0 Å². The number of aromatic nitrogens is 3. The Morgan fingerprint density at radius 2 is 2.00 bits per heavy atom. The van der Waals surface area contributed by atoms with Gasteiger partial charge in [0, 0.05) is 11.9 Å². The van der Waals surface area contributed by atoms with Crippen molar-refractivity contribution in [1.82, 2.24) is 20.1 Å². The summed E-state index contributed by atoms with van der Waals surface area (Å²) in [6.45, 7) is 5.09. The fourth-order valence-electron chi connectivity index (χ4n) is 2.00. The van der Waals surface area contributed by atoms with Gasteiger partial charge in [0.1, 0.15) is 0 Å². The molecule has 0 fully saturated rings. The molecule has 3 N–H and O–H groups in total. The van der Waals surface area contributed by atoms with E-state index in [2.05, 4.69) is 10.1 Å². The molecule has 0 aromatic carbocycles. The van der Waals surface area contributed by atoms with E-state index >= 15 is 0 Å². The highest BCUT2D eigenvalue weighted by molar-refractivity contribution is 5.97. The lowest BCUT2D eigenvalue weighted by atomic mass is 10.3. The van der Waals surface area contributed by atoms with Crippen molar-refractivity contribution in [3.8, 4) is 5.82 Å². The van der Waals surface area contributed by atoms with Gasteiger partial charge < -0.3 is 10.5 Å². The number of nitrogens with two attached hydrogens (primary N) is 1. The molecule has 0 aliphatic carbocycles. The van der Waals surface area contributed by atoms with Crippen molar-refractivity contribution in [3.63, 3.8) is 0 Å². The minimum Gasteiger partial charge on any atom is -0.449 e.